The number of hydrogen-bond donors (Lipinski definition) is 0. The molecule has 7 aromatic carbocycles. The molecule has 50 heavy (non-hydrogen) atoms. The molecular formula is C45H28N4S. The van der Waals surface area contributed by atoms with Gasteiger partial charge in [0, 0.05) is 53.3 Å². The van der Waals surface area contributed by atoms with Gasteiger partial charge in [0.2, 0.25) is 0 Å². The molecule has 0 bridgehead atoms. The number of thiophene rings is 1. The van der Waals surface area contributed by atoms with Gasteiger partial charge in [-0.15, -0.1) is 11.3 Å². The highest BCUT2D eigenvalue weighted by Crippen LogP contribution is 2.43. The van der Waals surface area contributed by atoms with Crippen LogP contribution in [0.3, 0.4) is 0 Å². The van der Waals surface area contributed by atoms with Crippen LogP contribution in [0.1, 0.15) is 6.85 Å². The second kappa shape index (κ2) is 11.6. The number of para-hydroxylation sites is 2. The Bertz CT molecular complexity index is 3130. The second-order valence-electron chi connectivity index (χ2n) is 12.1. The molecule has 10 aromatic rings. The van der Waals surface area contributed by atoms with E-state index in [1.807, 2.05) is 42.5 Å². The molecule has 4 nitrogen and oxygen atoms in total. The molecule has 0 aliphatic rings. The molecule has 3 aromatic heterocycles. The first-order valence-electron chi connectivity index (χ1n) is 18.8. The van der Waals surface area contributed by atoms with Crippen molar-refractivity contribution in [3.63, 3.8) is 0 Å². The van der Waals surface area contributed by atoms with Gasteiger partial charge in [-0.05, 0) is 65.7 Å². The van der Waals surface area contributed by atoms with Crippen molar-refractivity contribution in [2.45, 2.75) is 0 Å². The first-order chi connectivity index (χ1) is 26.9. The van der Waals surface area contributed by atoms with E-state index in [1.165, 1.54) is 10.8 Å². The van der Waals surface area contributed by atoms with E-state index in [-0.39, 0.29) is 23.5 Å². The lowest BCUT2D eigenvalue weighted by atomic mass is 9.97. The van der Waals surface area contributed by atoms with Crippen molar-refractivity contribution in [2.24, 2.45) is 0 Å². The van der Waals surface area contributed by atoms with Gasteiger partial charge >= 0.3 is 0 Å². The molecule has 0 N–H and O–H groups in total. The summed E-state index contributed by atoms with van der Waals surface area (Å²) in [5.41, 5.74) is 6.99. The first-order valence-corrected chi connectivity index (χ1v) is 17.1. The lowest BCUT2D eigenvalue weighted by Gasteiger charge is -2.10. The first kappa shape index (κ1) is 23.8. The van der Waals surface area contributed by atoms with Crippen molar-refractivity contribution in [1.82, 2.24) is 19.5 Å². The molecule has 10 rings (SSSR count). The highest BCUT2D eigenvalue weighted by Gasteiger charge is 2.18. The zero-order valence-corrected chi connectivity index (χ0v) is 27.3. The fraction of sp³-hybridized carbons (Fsp3) is 0. The summed E-state index contributed by atoms with van der Waals surface area (Å²) in [7, 11) is 0. The van der Waals surface area contributed by atoms with E-state index in [4.69, 9.17) is 16.8 Å². The smallest absolute Gasteiger partial charge is 0.164 e. The summed E-state index contributed by atoms with van der Waals surface area (Å²) in [6.45, 7) is 0. The molecule has 234 valence electrons. The van der Waals surface area contributed by atoms with Gasteiger partial charge in [-0.25, -0.2) is 15.0 Å². The van der Waals surface area contributed by atoms with Gasteiger partial charge in [0.05, 0.1) is 17.9 Å². The van der Waals surface area contributed by atoms with E-state index >= 15 is 0 Å². The second-order valence-corrected chi connectivity index (χ2v) is 13.2. The Hall–Kier alpha value is -6.43. The summed E-state index contributed by atoms with van der Waals surface area (Å²) in [6.07, 6.45) is 0. The van der Waals surface area contributed by atoms with Gasteiger partial charge in [0.25, 0.3) is 0 Å². The van der Waals surface area contributed by atoms with Gasteiger partial charge in [-0.2, -0.15) is 0 Å². The van der Waals surface area contributed by atoms with E-state index in [0.717, 1.165) is 53.6 Å². The maximum atomic E-state index is 8.67. The Morgan fingerprint density at radius 1 is 0.460 bits per heavy atom. The van der Waals surface area contributed by atoms with Crippen LogP contribution in [0.2, 0.25) is 0 Å². The SMILES string of the molecule is [2H]c1c([2H])c([2H])c(-c2nc(-c3ccccc3)nc(-c3ccc4sc5cccc(-c6ccc7c(c6)c6ccccc6n7-c6ccccc6)c5c4c3)n2)c([2H])c1[2H]. The molecule has 0 saturated heterocycles. The van der Waals surface area contributed by atoms with Gasteiger partial charge < -0.3 is 4.57 Å². The Balaban J connectivity index is 1.18. The predicted molar refractivity (Wildman–Crippen MR) is 209 cm³/mol. The minimum atomic E-state index is -0.469. The Morgan fingerprint density at radius 2 is 1.12 bits per heavy atom. The standard InChI is InChI=1S/C45H28N4S/c1-4-13-29(14-5-1)43-46-44(30-15-6-2-7-16-30)48-45(47-43)32-24-26-40-37(28-32)42-34(20-12-22-41(42)50-40)31-23-25-39-36(27-31)35-19-10-11-21-38(35)49(39)33-17-8-3-9-18-33/h1-28H/i1D,4D,5D,13D,14D. The van der Waals surface area contributed by atoms with Crippen molar-refractivity contribution in [2.75, 3.05) is 0 Å². The molecule has 3 heterocycles. The van der Waals surface area contributed by atoms with E-state index in [2.05, 4.69) is 107 Å². The summed E-state index contributed by atoms with van der Waals surface area (Å²) in [6, 6.07) is 45.6. The Labute approximate surface area is 299 Å². The molecule has 5 heteroatoms. The monoisotopic (exact) mass is 661 g/mol. The van der Waals surface area contributed by atoms with Crippen LogP contribution < -0.4 is 0 Å². The molecule has 0 spiro atoms. The maximum Gasteiger partial charge on any atom is 0.164 e. The average Bonchev–Trinajstić information content (AvgIpc) is 3.78. The summed E-state index contributed by atoms with van der Waals surface area (Å²) in [4.78, 5) is 14.3. The molecule has 0 saturated carbocycles. The van der Waals surface area contributed by atoms with Crippen molar-refractivity contribution < 1.29 is 6.85 Å². The number of aromatic nitrogens is 4. The summed E-state index contributed by atoms with van der Waals surface area (Å²) in [5.74, 6) is 0.690. The number of rotatable bonds is 5. The zero-order valence-electron chi connectivity index (χ0n) is 31.5. The van der Waals surface area contributed by atoms with E-state index in [1.54, 1.807) is 11.3 Å². The number of hydrogen-bond acceptors (Lipinski definition) is 4. The topological polar surface area (TPSA) is 43.6 Å². The van der Waals surface area contributed by atoms with Gasteiger partial charge in [-0.1, -0.05) is 115 Å². The van der Waals surface area contributed by atoms with Crippen LogP contribution >= 0.6 is 11.3 Å². The zero-order chi connectivity index (χ0) is 37.4. The van der Waals surface area contributed by atoms with Crippen LogP contribution in [0.15, 0.2) is 170 Å². The molecule has 0 atom stereocenters. The third-order valence-corrected chi connectivity index (χ3v) is 10.3. The maximum absolute atomic E-state index is 8.67. The molecule has 0 unspecified atom stereocenters. The van der Waals surface area contributed by atoms with E-state index in [0.29, 0.717) is 17.2 Å². The van der Waals surface area contributed by atoms with Crippen LogP contribution in [0.4, 0.5) is 0 Å². The van der Waals surface area contributed by atoms with Crippen LogP contribution in [0.25, 0.3) is 93.0 Å². The normalized spacial score (nSPS) is 13.0. The van der Waals surface area contributed by atoms with Crippen LogP contribution in [-0.2, 0) is 0 Å². The predicted octanol–water partition coefficient (Wildman–Crippen LogP) is 12.0. The Morgan fingerprint density at radius 3 is 1.94 bits per heavy atom. The fourth-order valence-corrected chi connectivity index (χ4v) is 8.01. The van der Waals surface area contributed by atoms with Gasteiger partial charge in [0.1, 0.15) is 0 Å². The van der Waals surface area contributed by atoms with Crippen molar-refractivity contribution in [3.05, 3.63) is 170 Å². The van der Waals surface area contributed by atoms with E-state index in [9.17, 15) is 0 Å². The molecule has 0 amide bonds. The lowest BCUT2D eigenvalue weighted by Crippen LogP contribution is -2.00. The van der Waals surface area contributed by atoms with Crippen LogP contribution in [0, 0.1) is 0 Å². The lowest BCUT2D eigenvalue weighted by molar-refractivity contribution is 1.07. The molecule has 0 aliphatic heterocycles. The number of fused-ring (bicyclic) bond motifs is 6. The van der Waals surface area contributed by atoms with Crippen LogP contribution in [0.5, 0.6) is 0 Å². The van der Waals surface area contributed by atoms with Gasteiger partial charge in [-0.3, -0.25) is 0 Å². The largest absolute Gasteiger partial charge is 0.309 e. The van der Waals surface area contributed by atoms with Crippen LogP contribution in [-0.4, -0.2) is 19.5 Å². The summed E-state index contributed by atoms with van der Waals surface area (Å²) in [5, 5.41) is 4.53. The Kier molecular flexibility index (Phi) is 5.54. The van der Waals surface area contributed by atoms with E-state index < -0.39 is 18.1 Å². The molecule has 0 fully saturated rings. The minimum Gasteiger partial charge on any atom is -0.309 e. The molecular weight excluding hydrogens is 629 g/mol. The molecule has 0 aliphatic carbocycles. The highest BCUT2D eigenvalue weighted by molar-refractivity contribution is 7.26. The third kappa shape index (κ3) is 4.71. The van der Waals surface area contributed by atoms with Gasteiger partial charge in [0.15, 0.2) is 17.5 Å². The third-order valence-electron chi connectivity index (χ3n) is 9.14. The number of benzene rings is 7. The minimum absolute atomic E-state index is 0.0137. The molecule has 0 radical (unpaired) electrons. The number of nitrogens with zero attached hydrogens (tertiary/aromatic N) is 4. The average molecular weight is 662 g/mol. The van der Waals surface area contributed by atoms with Crippen molar-refractivity contribution >= 4 is 53.3 Å². The quantitative estimate of drug-likeness (QED) is 0.184. The van der Waals surface area contributed by atoms with Crippen molar-refractivity contribution in [1.29, 1.82) is 0 Å². The highest BCUT2D eigenvalue weighted by atomic mass is 32.1. The van der Waals surface area contributed by atoms with Crippen molar-refractivity contribution in [3.8, 4) is 51.0 Å². The summed E-state index contributed by atoms with van der Waals surface area (Å²) >= 11 is 1.72. The fourth-order valence-electron chi connectivity index (χ4n) is 6.90. The summed E-state index contributed by atoms with van der Waals surface area (Å²) < 4.78 is 46.7.